The van der Waals surface area contributed by atoms with E-state index in [1.165, 1.54) is 0 Å². The quantitative estimate of drug-likeness (QED) is 0.384. The summed E-state index contributed by atoms with van der Waals surface area (Å²) < 4.78 is 125. The lowest BCUT2D eigenvalue weighted by molar-refractivity contribution is -0.560. The van der Waals surface area contributed by atoms with Gasteiger partial charge in [0.1, 0.15) is 0 Å². The highest BCUT2D eigenvalue weighted by Gasteiger charge is 2.77. The van der Waals surface area contributed by atoms with E-state index in [9.17, 15) is 44.8 Å². The molecule has 0 aromatic heterocycles. The van der Waals surface area contributed by atoms with E-state index in [-0.39, 0.29) is 0 Å². The van der Waals surface area contributed by atoms with Gasteiger partial charge in [0.15, 0.2) is 0 Å². The van der Waals surface area contributed by atoms with Gasteiger partial charge in [-0.1, -0.05) is 58.2 Å². The SMILES string of the molecule is CCCC(N(F)F)(N(F)F)C(N(F)F)(N(F)F)N(F)F. The highest BCUT2D eigenvalue weighted by atomic mass is 19.4. The van der Waals surface area contributed by atoms with Crippen molar-refractivity contribution in [3.63, 3.8) is 0 Å². The minimum Gasteiger partial charge on any atom is -0.0991 e. The summed E-state index contributed by atoms with van der Waals surface area (Å²) in [5.41, 5.74) is -5.04. The number of hydrogen-bond acceptors (Lipinski definition) is 5. The molecule has 0 fully saturated rings. The van der Waals surface area contributed by atoms with Crippen LogP contribution < -0.4 is 0 Å². The van der Waals surface area contributed by atoms with Gasteiger partial charge in [-0.15, -0.1) is 0 Å². The van der Waals surface area contributed by atoms with Crippen LogP contribution in [0, 0.1) is 0 Å². The smallest absolute Gasteiger partial charge is 0.0991 e. The molecule has 0 aliphatic carbocycles. The molecule has 0 atom stereocenters. The number of hydrogen-bond donors (Lipinski definition) is 0. The molecule has 0 unspecified atom stereocenters. The van der Waals surface area contributed by atoms with E-state index in [4.69, 9.17) is 0 Å². The van der Waals surface area contributed by atoms with Crippen LogP contribution in [0.5, 0.6) is 0 Å². The summed E-state index contributed by atoms with van der Waals surface area (Å²) in [6, 6.07) is 0. The summed E-state index contributed by atoms with van der Waals surface area (Å²) in [7, 11) is 0. The van der Waals surface area contributed by atoms with Crippen LogP contribution in [0.15, 0.2) is 0 Å². The van der Waals surface area contributed by atoms with E-state index in [0.717, 1.165) is 6.92 Å². The fourth-order valence-electron chi connectivity index (χ4n) is 1.55. The lowest BCUT2D eigenvalue weighted by atomic mass is 9.97. The van der Waals surface area contributed by atoms with Crippen molar-refractivity contribution in [3.05, 3.63) is 0 Å². The van der Waals surface area contributed by atoms with Crippen molar-refractivity contribution < 1.29 is 44.8 Å². The Morgan fingerprint density at radius 3 is 1.05 bits per heavy atom. The topological polar surface area (TPSA) is 16.2 Å². The Morgan fingerprint density at radius 2 is 0.900 bits per heavy atom. The van der Waals surface area contributed by atoms with Crippen molar-refractivity contribution in [1.29, 1.82) is 0 Å². The molecule has 0 aliphatic rings. The third-order valence-corrected chi connectivity index (χ3v) is 2.40. The second-order valence-electron chi connectivity index (χ2n) is 3.37. The van der Waals surface area contributed by atoms with Gasteiger partial charge in [0, 0.05) is 0 Å². The maximum Gasteiger partial charge on any atom is 0.347 e. The van der Waals surface area contributed by atoms with E-state index in [0.29, 0.717) is 0 Å². The molecule has 0 aromatic rings. The van der Waals surface area contributed by atoms with Gasteiger partial charge >= 0.3 is 5.79 Å². The molecule has 0 spiro atoms. The first kappa shape index (κ1) is 19.1. The second-order valence-corrected chi connectivity index (χ2v) is 3.37. The maximum absolute atomic E-state index is 12.6. The van der Waals surface area contributed by atoms with Crippen LogP contribution in [0.2, 0.25) is 0 Å². The summed E-state index contributed by atoms with van der Waals surface area (Å²) >= 11 is 0. The van der Waals surface area contributed by atoms with Crippen molar-refractivity contribution in [2.75, 3.05) is 0 Å². The molecule has 0 rings (SSSR count). The van der Waals surface area contributed by atoms with Crippen LogP contribution in [0.3, 0.4) is 0 Å². The van der Waals surface area contributed by atoms with Crippen LogP contribution in [0.1, 0.15) is 19.8 Å². The van der Waals surface area contributed by atoms with Crippen molar-refractivity contribution in [2.24, 2.45) is 0 Å². The lowest BCUT2D eigenvalue weighted by Crippen LogP contribution is -2.77. The fourth-order valence-corrected chi connectivity index (χ4v) is 1.55. The van der Waals surface area contributed by atoms with Crippen molar-refractivity contribution >= 4 is 0 Å². The Balaban J connectivity index is 6.41. The number of nitrogens with zero attached hydrogens (tertiary/aromatic N) is 5. The standard InChI is InChI=1S/C5H7F10N5/c1-2-3-4(16(6)7,17(8)9)5(18(10)11,19(12)13)20(14)15/h2-3H2,1H3. The molecule has 122 valence electrons. The van der Waals surface area contributed by atoms with Crippen molar-refractivity contribution in [2.45, 2.75) is 31.2 Å². The average Bonchev–Trinajstić information content (AvgIpc) is 2.25. The van der Waals surface area contributed by atoms with Crippen LogP contribution in [0.4, 0.5) is 44.8 Å². The van der Waals surface area contributed by atoms with Gasteiger partial charge in [0.25, 0.3) is 5.66 Å². The summed E-state index contributed by atoms with van der Waals surface area (Å²) in [5, 5.41) is -15.1. The van der Waals surface area contributed by atoms with Crippen LogP contribution in [-0.2, 0) is 0 Å². The minimum absolute atomic E-state index is 0.827. The van der Waals surface area contributed by atoms with Gasteiger partial charge in [-0.05, 0) is 6.42 Å². The van der Waals surface area contributed by atoms with Gasteiger partial charge in [0.2, 0.25) is 0 Å². The molecule has 0 heterocycles. The first-order valence-electron chi connectivity index (χ1n) is 4.62. The predicted molar refractivity (Wildman–Crippen MR) is 40.6 cm³/mol. The van der Waals surface area contributed by atoms with Crippen LogP contribution in [0.25, 0.3) is 0 Å². The molecule has 0 N–H and O–H groups in total. The summed E-state index contributed by atoms with van der Waals surface area (Å²) in [6.07, 6.45) is -2.68. The Hall–Kier alpha value is -0.900. The van der Waals surface area contributed by atoms with Crippen LogP contribution in [-0.4, -0.2) is 38.2 Å². The first-order chi connectivity index (χ1) is 9.03. The normalized spacial score (nSPS) is 14.4. The Bertz CT molecular complexity index is 268. The van der Waals surface area contributed by atoms with E-state index in [1.54, 1.807) is 0 Å². The average molecular weight is 327 g/mol. The molecule has 20 heavy (non-hydrogen) atoms. The molecular weight excluding hydrogens is 320 g/mol. The molecule has 5 nitrogen and oxygen atoms in total. The molecule has 0 saturated carbocycles. The minimum atomic E-state index is -5.74. The summed E-state index contributed by atoms with van der Waals surface area (Å²) in [6.45, 7) is 0.856. The molecule has 0 aromatic carbocycles. The Morgan fingerprint density at radius 1 is 0.600 bits per heavy atom. The van der Waals surface area contributed by atoms with Gasteiger partial charge in [-0.2, -0.15) is 0 Å². The van der Waals surface area contributed by atoms with Crippen molar-refractivity contribution in [3.8, 4) is 0 Å². The first-order valence-corrected chi connectivity index (χ1v) is 4.62. The van der Waals surface area contributed by atoms with Gasteiger partial charge in [0.05, 0.1) is 26.7 Å². The second kappa shape index (κ2) is 6.70. The van der Waals surface area contributed by atoms with Gasteiger partial charge in [-0.3, -0.25) is 0 Å². The molecular formula is C5H7F10N5. The highest BCUT2D eigenvalue weighted by molar-refractivity contribution is 4.96. The summed E-state index contributed by atoms with van der Waals surface area (Å²) in [4.78, 5) is 0. The third kappa shape index (κ3) is 2.50. The highest BCUT2D eigenvalue weighted by Crippen LogP contribution is 2.47. The van der Waals surface area contributed by atoms with Crippen molar-refractivity contribution in [1.82, 2.24) is 26.7 Å². The van der Waals surface area contributed by atoms with E-state index >= 15 is 0 Å². The molecule has 0 aliphatic heterocycles. The van der Waals surface area contributed by atoms with E-state index in [2.05, 4.69) is 0 Å². The Kier molecular flexibility index (Phi) is 6.40. The lowest BCUT2D eigenvalue weighted by Gasteiger charge is -2.45. The third-order valence-electron chi connectivity index (χ3n) is 2.40. The zero-order valence-corrected chi connectivity index (χ0v) is 9.43. The molecule has 15 heteroatoms. The van der Waals surface area contributed by atoms with Gasteiger partial charge in [-0.25, -0.2) is 0 Å². The summed E-state index contributed by atoms with van der Waals surface area (Å²) in [5.74, 6) is -5.74. The molecule has 0 saturated heterocycles. The Labute approximate surface area is 104 Å². The number of halogens is 10. The van der Waals surface area contributed by atoms with Crippen LogP contribution >= 0.6 is 0 Å². The van der Waals surface area contributed by atoms with E-state index < -0.39 is 51.0 Å². The fraction of sp³-hybridized carbons (Fsp3) is 1.00. The number of rotatable bonds is 8. The predicted octanol–water partition coefficient (Wildman–Crippen LogP) is 3.49. The molecule has 0 radical (unpaired) electrons. The zero-order chi connectivity index (χ0) is 16.3. The monoisotopic (exact) mass is 327 g/mol. The van der Waals surface area contributed by atoms with Gasteiger partial charge < -0.3 is 0 Å². The molecule has 0 amide bonds. The largest absolute Gasteiger partial charge is 0.347 e. The van der Waals surface area contributed by atoms with E-state index in [1.807, 2.05) is 0 Å². The zero-order valence-electron chi connectivity index (χ0n) is 9.43. The maximum atomic E-state index is 12.6. The molecule has 0 bridgehead atoms.